The summed E-state index contributed by atoms with van der Waals surface area (Å²) >= 11 is 0. The second-order valence-electron chi connectivity index (χ2n) is 18.0. The first kappa shape index (κ1) is 41.0. The fraction of sp³-hybridized carbons (Fsp3) is 0.683. The van der Waals surface area contributed by atoms with E-state index in [1.54, 1.807) is 52.8 Å². The number of carbonyl (C=O) groups excluding carboxylic acids is 5. The summed E-state index contributed by atoms with van der Waals surface area (Å²) in [7, 11) is 0. The highest BCUT2D eigenvalue weighted by Gasteiger charge is 2.78. The molecule has 0 radical (unpaired) electrons. The quantitative estimate of drug-likeness (QED) is 0.146. The zero-order valence-corrected chi connectivity index (χ0v) is 32.8. The molecule has 2 bridgehead atoms. The summed E-state index contributed by atoms with van der Waals surface area (Å²) in [5.74, 6) is -5.65. The van der Waals surface area contributed by atoms with Crippen LogP contribution in [0.25, 0.3) is 0 Å². The van der Waals surface area contributed by atoms with Crippen molar-refractivity contribution in [3.63, 3.8) is 0 Å². The van der Waals surface area contributed by atoms with Gasteiger partial charge >= 0.3 is 17.9 Å². The lowest BCUT2D eigenvalue weighted by molar-refractivity contribution is -0.346. The van der Waals surface area contributed by atoms with Crippen LogP contribution in [0.5, 0.6) is 0 Å². The van der Waals surface area contributed by atoms with Gasteiger partial charge in [-0.2, -0.15) is 0 Å². The van der Waals surface area contributed by atoms with Gasteiger partial charge in [0, 0.05) is 31.1 Å². The molecular formula is C41H55NO13. The number of amides is 1. The van der Waals surface area contributed by atoms with Gasteiger partial charge in [0.15, 0.2) is 17.5 Å². The van der Waals surface area contributed by atoms with Crippen molar-refractivity contribution in [1.82, 2.24) is 5.32 Å². The van der Waals surface area contributed by atoms with Crippen molar-refractivity contribution in [1.29, 1.82) is 0 Å². The Kier molecular flexibility index (Phi) is 10.5. The number of ketones is 1. The van der Waals surface area contributed by atoms with Crippen LogP contribution in [0.2, 0.25) is 0 Å². The molecule has 5 N–H and O–H groups in total. The Hall–Kier alpha value is -3.69. The van der Waals surface area contributed by atoms with Crippen LogP contribution in [0, 0.1) is 28.1 Å². The van der Waals surface area contributed by atoms with E-state index in [1.807, 2.05) is 0 Å². The Balaban J connectivity index is 1.49. The van der Waals surface area contributed by atoms with Crippen molar-refractivity contribution >= 4 is 29.6 Å². The molecule has 1 unspecified atom stereocenters. The van der Waals surface area contributed by atoms with Gasteiger partial charge < -0.3 is 44.7 Å². The highest BCUT2D eigenvalue weighted by atomic mass is 16.6. The predicted octanol–water partition coefficient (Wildman–Crippen LogP) is 2.32. The minimum atomic E-state index is -2.30. The van der Waals surface area contributed by atoms with Gasteiger partial charge in [0.05, 0.1) is 35.6 Å². The van der Waals surface area contributed by atoms with E-state index in [9.17, 15) is 44.4 Å². The molecule has 1 saturated heterocycles. The molecule has 14 nitrogen and oxygen atoms in total. The maximum atomic E-state index is 14.9. The number of ether oxygens (including phenoxy) is 4. The van der Waals surface area contributed by atoms with Gasteiger partial charge in [-0.05, 0) is 55.4 Å². The molecule has 11 atom stereocenters. The Morgan fingerprint density at radius 2 is 1.65 bits per heavy atom. The lowest BCUT2D eigenvalue weighted by Crippen LogP contribution is -2.81. The third-order valence-corrected chi connectivity index (χ3v) is 13.4. The van der Waals surface area contributed by atoms with Crippen molar-refractivity contribution in [3.05, 3.63) is 47.0 Å². The second kappa shape index (κ2) is 14.0. The largest absolute Gasteiger partial charge is 0.456 e. The topological polar surface area (TPSA) is 215 Å². The van der Waals surface area contributed by atoms with Crippen molar-refractivity contribution < 1.29 is 63.3 Å². The van der Waals surface area contributed by atoms with Crippen molar-refractivity contribution in [2.24, 2.45) is 28.1 Å². The summed E-state index contributed by atoms with van der Waals surface area (Å²) in [6.45, 7) is 12.2. The molecule has 1 aromatic rings. The van der Waals surface area contributed by atoms with Gasteiger partial charge in [-0.15, -0.1) is 0 Å². The normalized spacial score (nSPS) is 36.6. The summed E-state index contributed by atoms with van der Waals surface area (Å²) in [6.07, 6.45) is -7.78. The number of aliphatic hydroxyl groups excluding tert-OH is 3. The van der Waals surface area contributed by atoms with Crippen LogP contribution in [0.1, 0.15) is 97.9 Å². The molecule has 3 saturated carbocycles. The van der Waals surface area contributed by atoms with E-state index in [2.05, 4.69) is 5.32 Å². The zero-order valence-electron chi connectivity index (χ0n) is 32.8. The SMILES string of the molecule is CC(=O)O[C@@]12COC1C[C@H](O)[C@@]1(C)C(=O)[C@H](O)C3=C(C)[C@@H](OC(=O)[C@H](O)[C@H](NC(=O)C4CCC4)C(C)(C)C)C[C@@](O)([C@@H](OC(=O)c4ccccc4)[C@@H]12)C3(C)C. The summed E-state index contributed by atoms with van der Waals surface area (Å²) in [5, 5.41) is 51.7. The van der Waals surface area contributed by atoms with Crippen LogP contribution in [-0.4, -0.2) is 110 Å². The van der Waals surface area contributed by atoms with E-state index >= 15 is 0 Å². The number of Topliss-reactive ketones (excluding diaryl/α,β-unsaturated/α-hetero) is 1. The number of benzene rings is 1. The Bertz CT molecular complexity index is 1760. The van der Waals surface area contributed by atoms with Gasteiger partial charge in [0.2, 0.25) is 5.91 Å². The third kappa shape index (κ3) is 6.41. The molecule has 14 heteroatoms. The molecule has 0 spiro atoms. The molecule has 55 heavy (non-hydrogen) atoms. The minimum absolute atomic E-state index is 0.0228. The first-order valence-electron chi connectivity index (χ1n) is 19.1. The fourth-order valence-corrected chi connectivity index (χ4v) is 9.83. The summed E-state index contributed by atoms with van der Waals surface area (Å²) < 4.78 is 24.1. The first-order chi connectivity index (χ1) is 25.5. The average molecular weight is 770 g/mol. The Morgan fingerprint density at radius 1 is 1.02 bits per heavy atom. The van der Waals surface area contributed by atoms with Crippen LogP contribution in [0.15, 0.2) is 41.5 Å². The molecule has 1 heterocycles. The van der Waals surface area contributed by atoms with E-state index in [4.69, 9.17) is 18.9 Å². The number of carbonyl (C=O) groups is 5. The highest BCUT2D eigenvalue weighted by Crippen LogP contribution is 2.64. The molecule has 5 aliphatic rings. The monoisotopic (exact) mass is 769 g/mol. The van der Waals surface area contributed by atoms with E-state index in [1.165, 1.54) is 32.9 Å². The van der Waals surface area contributed by atoms with Crippen LogP contribution < -0.4 is 5.32 Å². The van der Waals surface area contributed by atoms with Gasteiger partial charge in [-0.3, -0.25) is 14.4 Å². The number of hydrogen-bond acceptors (Lipinski definition) is 13. The van der Waals surface area contributed by atoms with Gasteiger partial charge in [-0.25, -0.2) is 9.59 Å². The number of nitrogens with one attached hydrogen (secondary N) is 1. The van der Waals surface area contributed by atoms with E-state index in [-0.39, 0.29) is 41.6 Å². The lowest BCUT2D eigenvalue weighted by Gasteiger charge is -2.67. The molecular weight excluding hydrogens is 714 g/mol. The summed E-state index contributed by atoms with van der Waals surface area (Å²) in [4.78, 5) is 68.7. The van der Waals surface area contributed by atoms with Crippen molar-refractivity contribution in [3.8, 4) is 0 Å². The smallest absolute Gasteiger partial charge is 0.338 e. The van der Waals surface area contributed by atoms with E-state index in [0.717, 1.165) is 6.42 Å². The summed E-state index contributed by atoms with van der Waals surface area (Å²) in [5.41, 5.74) is -8.09. The minimum Gasteiger partial charge on any atom is -0.456 e. The summed E-state index contributed by atoms with van der Waals surface area (Å²) in [6, 6.07) is 6.86. The number of aliphatic hydroxyl groups is 4. The average Bonchev–Trinajstić information content (AvgIpc) is 3.07. The molecule has 1 aromatic carbocycles. The van der Waals surface area contributed by atoms with Crippen molar-refractivity contribution in [2.45, 2.75) is 141 Å². The van der Waals surface area contributed by atoms with Crippen LogP contribution in [0.4, 0.5) is 0 Å². The molecule has 4 fully saturated rings. The van der Waals surface area contributed by atoms with Crippen LogP contribution >= 0.6 is 0 Å². The number of fused-ring (bicyclic) bond motifs is 5. The lowest BCUT2D eigenvalue weighted by atomic mass is 9.44. The number of hydrogen-bond donors (Lipinski definition) is 5. The van der Waals surface area contributed by atoms with E-state index < -0.39 is 106 Å². The van der Waals surface area contributed by atoms with Crippen molar-refractivity contribution in [2.75, 3.05) is 6.61 Å². The Labute approximate surface area is 320 Å². The van der Waals surface area contributed by atoms with Gasteiger partial charge in [0.1, 0.15) is 30.0 Å². The molecule has 302 valence electrons. The van der Waals surface area contributed by atoms with Crippen LogP contribution in [-0.2, 0) is 38.1 Å². The second-order valence-corrected chi connectivity index (χ2v) is 18.0. The highest BCUT2D eigenvalue weighted by molar-refractivity contribution is 5.94. The predicted molar refractivity (Wildman–Crippen MR) is 194 cm³/mol. The van der Waals surface area contributed by atoms with Gasteiger partial charge in [-0.1, -0.05) is 59.2 Å². The first-order valence-corrected chi connectivity index (χ1v) is 19.1. The maximum absolute atomic E-state index is 14.9. The fourth-order valence-electron chi connectivity index (χ4n) is 9.83. The number of rotatable bonds is 8. The molecule has 4 aliphatic carbocycles. The van der Waals surface area contributed by atoms with Crippen LogP contribution in [0.3, 0.4) is 0 Å². The molecule has 0 aromatic heterocycles. The molecule has 1 aliphatic heterocycles. The molecule has 1 amide bonds. The maximum Gasteiger partial charge on any atom is 0.338 e. The Morgan fingerprint density at radius 3 is 2.18 bits per heavy atom. The number of esters is 3. The van der Waals surface area contributed by atoms with Gasteiger partial charge in [0.25, 0.3) is 0 Å². The molecule has 6 rings (SSSR count). The standard InChI is InChI=1S/C41H55NO13/c1-20-24(53-36(50)29(46)31(37(3,4)5)42-34(48)22-15-12-16-22)18-41(51)33(54-35(49)23-13-10-9-11-14-23)30-39(8,32(47)28(45)27(20)38(41,6)7)25(44)17-26-40(30,19-52-26)55-21(2)43/h9-11,13-14,22,24-26,28-31,33,44-46,51H,12,15-19H2,1-8H3,(H,42,48)/t24-,25-,26?,28+,29+,30-,31-,33-,39+,40-,41+/m0/s1. The van der Waals surface area contributed by atoms with E-state index in [0.29, 0.717) is 12.8 Å². The third-order valence-electron chi connectivity index (χ3n) is 13.4. The zero-order chi connectivity index (χ0) is 40.6.